The molecule has 2 aliphatic heterocycles. The lowest BCUT2D eigenvalue weighted by Crippen LogP contribution is -2.42. The van der Waals surface area contributed by atoms with Crippen molar-refractivity contribution < 1.29 is 27.6 Å². The number of fused-ring (bicyclic) bond motifs is 1. The zero-order chi connectivity index (χ0) is 20.5. The highest BCUT2D eigenvalue weighted by molar-refractivity contribution is 5.95. The van der Waals surface area contributed by atoms with Gasteiger partial charge in [-0.3, -0.25) is 14.4 Å². The zero-order valence-electron chi connectivity index (χ0n) is 15.1. The molecule has 0 radical (unpaired) electrons. The number of nitrogens with zero attached hydrogens (tertiary/aromatic N) is 2. The first-order valence-corrected chi connectivity index (χ1v) is 8.89. The highest BCUT2D eigenvalue weighted by Crippen LogP contribution is 2.30. The molecule has 2 heterocycles. The molecule has 0 saturated carbocycles. The molecular formula is C19H20F3N3O3. The molecule has 0 aromatic heterocycles. The molecule has 1 saturated heterocycles. The van der Waals surface area contributed by atoms with Crippen LogP contribution in [0.2, 0.25) is 0 Å². The van der Waals surface area contributed by atoms with Crippen molar-refractivity contribution in [3.05, 3.63) is 42.0 Å². The summed E-state index contributed by atoms with van der Waals surface area (Å²) in [5.41, 5.74) is 1.61. The lowest BCUT2D eigenvalue weighted by molar-refractivity contribution is -0.167. The molecule has 0 spiro atoms. The van der Waals surface area contributed by atoms with Crippen molar-refractivity contribution in [3.8, 4) is 0 Å². The van der Waals surface area contributed by atoms with Crippen LogP contribution in [0, 0.1) is 5.92 Å². The van der Waals surface area contributed by atoms with Gasteiger partial charge in [-0.2, -0.15) is 13.2 Å². The molecule has 2 aliphatic rings. The molecule has 0 bridgehead atoms. The van der Waals surface area contributed by atoms with Gasteiger partial charge in [-0.15, -0.1) is 0 Å². The molecule has 1 aromatic carbocycles. The molecule has 9 heteroatoms. The van der Waals surface area contributed by atoms with E-state index in [0.29, 0.717) is 38.0 Å². The lowest BCUT2D eigenvalue weighted by Gasteiger charge is -2.32. The third-order valence-corrected chi connectivity index (χ3v) is 5.09. The Morgan fingerprint density at radius 2 is 1.71 bits per heavy atom. The third-order valence-electron chi connectivity index (χ3n) is 5.09. The van der Waals surface area contributed by atoms with Crippen molar-refractivity contribution in [3.63, 3.8) is 0 Å². The van der Waals surface area contributed by atoms with Gasteiger partial charge in [-0.1, -0.05) is 12.6 Å². The molecule has 1 N–H and O–H groups in total. The fourth-order valence-corrected chi connectivity index (χ4v) is 3.56. The number of benzene rings is 1. The monoisotopic (exact) mass is 395 g/mol. The van der Waals surface area contributed by atoms with Crippen LogP contribution in [0.3, 0.4) is 0 Å². The Bertz CT molecular complexity index is 814. The topological polar surface area (TPSA) is 69.7 Å². The van der Waals surface area contributed by atoms with Gasteiger partial charge in [0.2, 0.25) is 11.8 Å². The van der Waals surface area contributed by atoms with Crippen LogP contribution in [-0.2, 0) is 27.5 Å². The van der Waals surface area contributed by atoms with E-state index in [4.69, 9.17) is 0 Å². The van der Waals surface area contributed by atoms with Crippen molar-refractivity contribution >= 4 is 23.4 Å². The van der Waals surface area contributed by atoms with Crippen LogP contribution in [0.25, 0.3) is 0 Å². The van der Waals surface area contributed by atoms with E-state index < -0.39 is 12.1 Å². The number of amides is 3. The molecule has 28 heavy (non-hydrogen) atoms. The molecule has 0 aliphatic carbocycles. The number of carbonyl (C=O) groups excluding carboxylic acids is 3. The summed E-state index contributed by atoms with van der Waals surface area (Å²) in [5, 5.41) is 1.83. The van der Waals surface area contributed by atoms with E-state index in [2.05, 4.69) is 6.58 Å². The second kappa shape index (κ2) is 7.65. The maximum absolute atomic E-state index is 12.8. The highest BCUT2D eigenvalue weighted by atomic mass is 19.4. The molecule has 0 atom stereocenters. The average Bonchev–Trinajstić information content (AvgIpc) is 3.09. The Kier molecular flexibility index (Phi) is 5.44. The summed E-state index contributed by atoms with van der Waals surface area (Å²) in [6, 6.07) is 4.49. The second-order valence-corrected chi connectivity index (χ2v) is 6.93. The van der Waals surface area contributed by atoms with Crippen molar-refractivity contribution in [2.45, 2.75) is 32.1 Å². The number of likely N-dealkylation sites (tertiary alicyclic amines) is 1. The number of anilines is 1. The number of alkyl halides is 3. The largest absolute Gasteiger partial charge is 0.471 e. The minimum Gasteiger partial charge on any atom is -0.339 e. The van der Waals surface area contributed by atoms with Gasteiger partial charge in [0.25, 0.3) is 0 Å². The summed E-state index contributed by atoms with van der Waals surface area (Å²) < 4.78 is 37.2. The molecule has 3 amide bonds. The van der Waals surface area contributed by atoms with Crippen LogP contribution in [0.1, 0.15) is 24.0 Å². The molecule has 150 valence electrons. The summed E-state index contributed by atoms with van der Waals surface area (Å²) in [4.78, 5) is 38.8. The van der Waals surface area contributed by atoms with Crippen LogP contribution < -0.4 is 5.32 Å². The fraction of sp³-hybridized carbons (Fsp3) is 0.421. The number of piperidine rings is 1. The molecule has 1 fully saturated rings. The Morgan fingerprint density at radius 3 is 2.32 bits per heavy atom. The molecule has 6 nitrogen and oxygen atoms in total. The van der Waals surface area contributed by atoms with Gasteiger partial charge in [-0.25, -0.2) is 0 Å². The molecule has 1 aromatic rings. The van der Waals surface area contributed by atoms with Gasteiger partial charge in [0, 0.05) is 37.8 Å². The van der Waals surface area contributed by atoms with Gasteiger partial charge in [0.1, 0.15) is 0 Å². The van der Waals surface area contributed by atoms with Gasteiger partial charge >= 0.3 is 12.1 Å². The van der Waals surface area contributed by atoms with Gasteiger partial charge in [0.05, 0.1) is 0 Å². The third kappa shape index (κ3) is 4.18. The van der Waals surface area contributed by atoms with Crippen molar-refractivity contribution in [1.82, 2.24) is 9.80 Å². The van der Waals surface area contributed by atoms with E-state index >= 15 is 0 Å². The predicted octanol–water partition coefficient (Wildman–Crippen LogP) is 2.45. The first-order valence-electron chi connectivity index (χ1n) is 8.89. The maximum atomic E-state index is 12.8. The van der Waals surface area contributed by atoms with Crippen LogP contribution >= 0.6 is 0 Å². The van der Waals surface area contributed by atoms with E-state index in [9.17, 15) is 27.6 Å². The van der Waals surface area contributed by atoms with Gasteiger partial charge in [-0.05, 0) is 42.2 Å². The number of hydrogen-bond acceptors (Lipinski definition) is 3. The standard InChI is InChI=1S/C19H20F3N3O3/c1-2-16(26)24-7-5-12(6-8-24)17(27)25-10-13-3-4-15(9-14(13)11-25)23-18(28)19(20,21)22/h2-4,9,12H,1,5-8,10-11H2,(H,23,28). The van der Waals surface area contributed by atoms with Crippen molar-refractivity contribution in [2.24, 2.45) is 5.92 Å². The number of rotatable bonds is 3. The fourth-order valence-electron chi connectivity index (χ4n) is 3.56. The van der Waals surface area contributed by atoms with Gasteiger partial charge in [0.15, 0.2) is 0 Å². The highest BCUT2D eigenvalue weighted by Gasteiger charge is 2.39. The number of carbonyl (C=O) groups is 3. The maximum Gasteiger partial charge on any atom is 0.471 e. The van der Waals surface area contributed by atoms with Crippen molar-refractivity contribution in [2.75, 3.05) is 18.4 Å². The van der Waals surface area contributed by atoms with E-state index in [-0.39, 0.29) is 30.0 Å². The second-order valence-electron chi connectivity index (χ2n) is 6.93. The molecular weight excluding hydrogens is 375 g/mol. The summed E-state index contributed by atoms with van der Waals surface area (Å²) in [6.45, 7) is 5.12. The van der Waals surface area contributed by atoms with E-state index in [0.717, 1.165) is 5.56 Å². The average molecular weight is 395 g/mol. The van der Waals surface area contributed by atoms with Crippen LogP contribution in [0.15, 0.2) is 30.9 Å². The van der Waals surface area contributed by atoms with E-state index in [1.165, 1.54) is 18.2 Å². The van der Waals surface area contributed by atoms with Crippen LogP contribution in [-0.4, -0.2) is 46.8 Å². The number of hydrogen-bond donors (Lipinski definition) is 1. The van der Waals surface area contributed by atoms with E-state index in [1.54, 1.807) is 15.9 Å². The summed E-state index contributed by atoms with van der Waals surface area (Å²) in [6.07, 6.45) is -2.56. The smallest absolute Gasteiger partial charge is 0.339 e. The Hall–Kier alpha value is -2.84. The van der Waals surface area contributed by atoms with E-state index in [1.807, 2.05) is 5.32 Å². The Morgan fingerprint density at radius 1 is 1.07 bits per heavy atom. The Labute approximate surface area is 160 Å². The summed E-state index contributed by atoms with van der Waals surface area (Å²) in [7, 11) is 0. The SMILES string of the molecule is C=CC(=O)N1CCC(C(=O)N2Cc3ccc(NC(=O)C(F)(F)F)cc3C2)CC1. The van der Waals surface area contributed by atoms with Gasteiger partial charge < -0.3 is 15.1 Å². The first kappa shape index (κ1) is 19.9. The van der Waals surface area contributed by atoms with Crippen molar-refractivity contribution in [1.29, 1.82) is 0 Å². The summed E-state index contributed by atoms with van der Waals surface area (Å²) >= 11 is 0. The predicted molar refractivity (Wildman–Crippen MR) is 94.9 cm³/mol. The normalized spacial score (nSPS) is 17.2. The number of halogens is 3. The zero-order valence-corrected chi connectivity index (χ0v) is 15.1. The molecule has 3 rings (SSSR count). The minimum atomic E-state index is -4.96. The number of nitrogens with one attached hydrogen (secondary N) is 1. The quantitative estimate of drug-likeness (QED) is 0.800. The molecule has 0 unspecified atom stereocenters. The van der Waals surface area contributed by atoms with Crippen LogP contribution in [0.4, 0.5) is 18.9 Å². The summed E-state index contributed by atoms with van der Waals surface area (Å²) in [5.74, 6) is -2.39. The minimum absolute atomic E-state index is 0.0252. The first-order chi connectivity index (χ1) is 13.2. The van der Waals surface area contributed by atoms with Crippen LogP contribution in [0.5, 0.6) is 0 Å². The Balaban J connectivity index is 1.60. The lowest BCUT2D eigenvalue weighted by atomic mass is 9.95.